The number of ether oxygens (including phenoxy) is 3. The third-order valence-corrected chi connectivity index (χ3v) is 4.37. The zero-order chi connectivity index (χ0) is 15.5. The number of aliphatic hydroxyl groups is 1. The lowest BCUT2D eigenvalue weighted by molar-refractivity contribution is -0.0728. The van der Waals surface area contributed by atoms with Crippen LogP contribution in [0.15, 0.2) is 0 Å². The standard InChI is InChI=1S/C16H31NO4/c1-15(2)9-14(16(3,4)21-15)17-10-12(18)11-20-13-5-7-19-8-6-13/h12-14,17-18H,5-11H2,1-4H3/t12-,14+/m0/s1. The first kappa shape index (κ1) is 17.2. The van der Waals surface area contributed by atoms with Gasteiger partial charge in [0, 0.05) is 25.8 Å². The van der Waals surface area contributed by atoms with E-state index in [2.05, 4.69) is 33.0 Å². The quantitative estimate of drug-likeness (QED) is 0.778. The maximum atomic E-state index is 10.1. The molecular weight excluding hydrogens is 270 g/mol. The molecule has 124 valence electrons. The molecule has 2 fully saturated rings. The van der Waals surface area contributed by atoms with Crippen LogP contribution in [0.4, 0.5) is 0 Å². The molecule has 5 heteroatoms. The van der Waals surface area contributed by atoms with Crippen LogP contribution in [0.1, 0.15) is 47.0 Å². The Hall–Kier alpha value is -0.200. The summed E-state index contributed by atoms with van der Waals surface area (Å²) < 4.78 is 17.1. The SMILES string of the molecule is CC1(C)C[C@@H](NC[C@H](O)COC2CCOCC2)C(C)(C)O1. The van der Waals surface area contributed by atoms with Gasteiger partial charge in [-0.15, -0.1) is 0 Å². The summed E-state index contributed by atoms with van der Waals surface area (Å²) in [5.74, 6) is 0. The van der Waals surface area contributed by atoms with Crippen LogP contribution in [0.2, 0.25) is 0 Å². The Kier molecular flexibility index (Phi) is 5.65. The zero-order valence-corrected chi connectivity index (χ0v) is 13.9. The van der Waals surface area contributed by atoms with Gasteiger partial charge >= 0.3 is 0 Å². The minimum atomic E-state index is -0.479. The number of hydrogen-bond acceptors (Lipinski definition) is 5. The normalized spacial score (nSPS) is 30.4. The highest BCUT2D eigenvalue weighted by atomic mass is 16.5. The van der Waals surface area contributed by atoms with Gasteiger partial charge in [-0.25, -0.2) is 0 Å². The second kappa shape index (κ2) is 6.92. The molecule has 2 heterocycles. The van der Waals surface area contributed by atoms with Crippen molar-refractivity contribution in [1.29, 1.82) is 0 Å². The lowest BCUT2D eigenvalue weighted by Gasteiger charge is -2.29. The van der Waals surface area contributed by atoms with Crippen molar-refractivity contribution in [3.63, 3.8) is 0 Å². The van der Waals surface area contributed by atoms with Crippen molar-refractivity contribution in [2.75, 3.05) is 26.4 Å². The molecule has 0 bridgehead atoms. The molecule has 5 nitrogen and oxygen atoms in total. The summed E-state index contributed by atoms with van der Waals surface area (Å²) >= 11 is 0. The van der Waals surface area contributed by atoms with Crippen molar-refractivity contribution in [2.24, 2.45) is 0 Å². The maximum Gasteiger partial charge on any atom is 0.0897 e. The third-order valence-electron chi connectivity index (χ3n) is 4.37. The molecule has 0 aromatic heterocycles. The lowest BCUT2D eigenvalue weighted by Crippen LogP contribution is -2.46. The van der Waals surface area contributed by atoms with E-state index in [9.17, 15) is 5.11 Å². The average molecular weight is 301 g/mol. The van der Waals surface area contributed by atoms with E-state index in [1.807, 2.05) is 0 Å². The summed E-state index contributed by atoms with van der Waals surface area (Å²) in [6.45, 7) is 10.9. The molecule has 0 saturated carbocycles. The summed E-state index contributed by atoms with van der Waals surface area (Å²) in [6.07, 6.45) is 2.56. The third kappa shape index (κ3) is 5.18. The van der Waals surface area contributed by atoms with E-state index < -0.39 is 6.10 Å². The molecule has 2 rings (SSSR count). The van der Waals surface area contributed by atoms with Gasteiger partial charge in [0.1, 0.15) is 0 Å². The van der Waals surface area contributed by atoms with Gasteiger partial charge < -0.3 is 24.6 Å². The molecule has 21 heavy (non-hydrogen) atoms. The van der Waals surface area contributed by atoms with Crippen molar-refractivity contribution >= 4 is 0 Å². The van der Waals surface area contributed by atoms with E-state index >= 15 is 0 Å². The number of hydrogen-bond donors (Lipinski definition) is 2. The van der Waals surface area contributed by atoms with Crippen molar-refractivity contribution in [1.82, 2.24) is 5.32 Å². The minimum Gasteiger partial charge on any atom is -0.389 e. The van der Waals surface area contributed by atoms with E-state index in [4.69, 9.17) is 14.2 Å². The second-order valence-corrected chi connectivity index (χ2v) is 7.43. The maximum absolute atomic E-state index is 10.1. The van der Waals surface area contributed by atoms with Crippen LogP contribution >= 0.6 is 0 Å². The van der Waals surface area contributed by atoms with Crippen LogP contribution in [0.5, 0.6) is 0 Å². The highest BCUT2D eigenvalue weighted by molar-refractivity contribution is 4.99. The van der Waals surface area contributed by atoms with Crippen LogP contribution in [-0.2, 0) is 14.2 Å². The van der Waals surface area contributed by atoms with Crippen LogP contribution < -0.4 is 5.32 Å². The molecule has 0 radical (unpaired) electrons. The van der Waals surface area contributed by atoms with E-state index in [1.165, 1.54) is 0 Å². The van der Waals surface area contributed by atoms with E-state index in [-0.39, 0.29) is 23.3 Å². The summed E-state index contributed by atoms with van der Waals surface area (Å²) in [6, 6.07) is 0.255. The summed E-state index contributed by atoms with van der Waals surface area (Å²) in [7, 11) is 0. The average Bonchev–Trinajstić information content (AvgIpc) is 2.62. The van der Waals surface area contributed by atoms with Gasteiger partial charge in [-0.05, 0) is 47.0 Å². The molecule has 2 aliphatic rings. The fourth-order valence-corrected chi connectivity index (χ4v) is 3.31. The molecule has 2 N–H and O–H groups in total. The lowest BCUT2D eigenvalue weighted by atomic mass is 9.94. The van der Waals surface area contributed by atoms with Crippen molar-refractivity contribution in [2.45, 2.75) is 76.4 Å². The Balaban J connectivity index is 1.67. The fraction of sp³-hybridized carbons (Fsp3) is 1.00. The van der Waals surface area contributed by atoms with Gasteiger partial charge in [-0.3, -0.25) is 0 Å². The van der Waals surface area contributed by atoms with Crippen LogP contribution in [0.3, 0.4) is 0 Å². The van der Waals surface area contributed by atoms with Crippen LogP contribution in [0, 0.1) is 0 Å². The molecule has 0 amide bonds. The number of nitrogens with one attached hydrogen (secondary N) is 1. The fourth-order valence-electron chi connectivity index (χ4n) is 3.31. The van der Waals surface area contributed by atoms with Gasteiger partial charge in [0.15, 0.2) is 0 Å². The van der Waals surface area contributed by atoms with Gasteiger partial charge in [-0.2, -0.15) is 0 Å². The monoisotopic (exact) mass is 301 g/mol. The van der Waals surface area contributed by atoms with E-state index in [1.54, 1.807) is 0 Å². The molecule has 0 aromatic rings. The van der Waals surface area contributed by atoms with Crippen LogP contribution in [-0.4, -0.2) is 60.9 Å². The largest absolute Gasteiger partial charge is 0.389 e. The number of rotatable bonds is 6. The topological polar surface area (TPSA) is 60.0 Å². The van der Waals surface area contributed by atoms with E-state index in [0.29, 0.717) is 13.2 Å². The molecule has 0 aliphatic carbocycles. The zero-order valence-electron chi connectivity index (χ0n) is 13.9. The Morgan fingerprint density at radius 3 is 2.48 bits per heavy atom. The van der Waals surface area contributed by atoms with Gasteiger partial charge in [0.05, 0.1) is 30.0 Å². The molecule has 2 atom stereocenters. The first-order chi connectivity index (χ1) is 9.78. The predicted octanol–water partition coefficient (Wildman–Crippen LogP) is 1.48. The summed E-state index contributed by atoms with van der Waals surface area (Å²) in [4.78, 5) is 0. The molecular formula is C16H31NO4. The molecule has 0 aromatic carbocycles. The molecule has 0 unspecified atom stereocenters. The predicted molar refractivity (Wildman–Crippen MR) is 81.5 cm³/mol. The van der Waals surface area contributed by atoms with Gasteiger partial charge in [0.25, 0.3) is 0 Å². The Labute approximate surface area is 128 Å². The molecule has 2 saturated heterocycles. The minimum absolute atomic E-state index is 0.106. The van der Waals surface area contributed by atoms with Crippen molar-refractivity contribution in [3.8, 4) is 0 Å². The van der Waals surface area contributed by atoms with Gasteiger partial charge in [0.2, 0.25) is 0 Å². The van der Waals surface area contributed by atoms with Crippen LogP contribution in [0.25, 0.3) is 0 Å². The highest BCUT2D eigenvalue weighted by Crippen LogP contribution is 2.37. The van der Waals surface area contributed by atoms with E-state index in [0.717, 1.165) is 32.5 Å². The Morgan fingerprint density at radius 2 is 1.90 bits per heavy atom. The van der Waals surface area contributed by atoms with Crippen molar-refractivity contribution < 1.29 is 19.3 Å². The Morgan fingerprint density at radius 1 is 1.24 bits per heavy atom. The molecule has 0 spiro atoms. The summed E-state index contributed by atoms with van der Waals surface area (Å²) in [5, 5.41) is 13.5. The number of aliphatic hydroxyl groups excluding tert-OH is 1. The van der Waals surface area contributed by atoms with Crippen molar-refractivity contribution in [3.05, 3.63) is 0 Å². The summed E-state index contributed by atoms with van der Waals surface area (Å²) in [5.41, 5.74) is -0.310. The second-order valence-electron chi connectivity index (χ2n) is 7.43. The highest BCUT2D eigenvalue weighted by Gasteiger charge is 2.45. The smallest absolute Gasteiger partial charge is 0.0897 e. The Bertz CT molecular complexity index is 326. The molecule has 2 aliphatic heterocycles. The first-order valence-corrected chi connectivity index (χ1v) is 8.09. The first-order valence-electron chi connectivity index (χ1n) is 8.09. The van der Waals surface area contributed by atoms with Gasteiger partial charge in [-0.1, -0.05) is 0 Å².